The van der Waals surface area contributed by atoms with Crippen molar-refractivity contribution < 1.29 is 4.79 Å². The number of rotatable bonds is 6. The van der Waals surface area contributed by atoms with Crippen LogP contribution in [-0.2, 0) is 6.54 Å². The van der Waals surface area contributed by atoms with E-state index in [1.54, 1.807) is 17.2 Å². The molecule has 1 saturated heterocycles. The number of halogens is 1. The van der Waals surface area contributed by atoms with Gasteiger partial charge in [-0.15, -0.1) is 17.5 Å². The Kier molecular flexibility index (Phi) is 6.74. The monoisotopic (exact) mass is 353 g/mol. The summed E-state index contributed by atoms with van der Waals surface area (Å²) >= 11 is 0. The summed E-state index contributed by atoms with van der Waals surface area (Å²) < 4.78 is 3.66. The minimum absolute atomic E-state index is 0. The van der Waals surface area contributed by atoms with Crippen molar-refractivity contribution in [3.05, 3.63) is 30.6 Å². The smallest absolute Gasteiger partial charge is 0.290 e. The van der Waals surface area contributed by atoms with Gasteiger partial charge in [-0.05, 0) is 31.4 Å². The van der Waals surface area contributed by atoms with Gasteiger partial charge in [0.05, 0.1) is 6.04 Å². The van der Waals surface area contributed by atoms with Crippen LogP contribution in [0.1, 0.15) is 36.4 Å². The van der Waals surface area contributed by atoms with Crippen molar-refractivity contribution in [3.8, 4) is 0 Å². The molecule has 3 rings (SSSR count). The van der Waals surface area contributed by atoms with Gasteiger partial charge in [0.1, 0.15) is 6.33 Å². The first-order chi connectivity index (χ1) is 11.2. The van der Waals surface area contributed by atoms with Crippen molar-refractivity contribution in [2.45, 2.75) is 32.4 Å². The molecule has 2 aromatic rings. The molecule has 1 amide bonds. The van der Waals surface area contributed by atoms with E-state index in [0.29, 0.717) is 6.54 Å². The normalized spacial score (nSPS) is 18.6. The third kappa shape index (κ3) is 4.78. The van der Waals surface area contributed by atoms with Crippen LogP contribution in [0.15, 0.2) is 24.8 Å². The van der Waals surface area contributed by atoms with Crippen LogP contribution in [0.4, 0.5) is 0 Å². The molecule has 2 unspecified atom stereocenters. The van der Waals surface area contributed by atoms with Gasteiger partial charge >= 0.3 is 0 Å². The first kappa shape index (κ1) is 18.4. The zero-order chi connectivity index (χ0) is 16.1. The molecule has 1 fully saturated rings. The van der Waals surface area contributed by atoms with Gasteiger partial charge in [0, 0.05) is 32.0 Å². The molecule has 132 valence electrons. The van der Waals surface area contributed by atoms with Gasteiger partial charge in [-0.3, -0.25) is 9.48 Å². The highest BCUT2D eigenvalue weighted by Crippen LogP contribution is 2.14. The number of hydrogen-bond acceptors (Lipinski definition) is 5. The first-order valence-corrected chi connectivity index (χ1v) is 8.10. The maximum Gasteiger partial charge on any atom is 0.290 e. The quantitative estimate of drug-likeness (QED) is 0.805. The van der Waals surface area contributed by atoms with E-state index in [9.17, 15) is 4.79 Å². The Morgan fingerprint density at radius 2 is 2.42 bits per heavy atom. The third-order valence-electron chi connectivity index (χ3n) is 4.03. The number of nitrogens with zero attached hydrogens (tertiary/aromatic N) is 5. The second kappa shape index (κ2) is 8.79. The van der Waals surface area contributed by atoms with Crippen molar-refractivity contribution in [3.63, 3.8) is 0 Å². The van der Waals surface area contributed by atoms with Gasteiger partial charge in [-0.25, -0.2) is 9.67 Å². The Balaban J connectivity index is 0.00000208. The standard InChI is InChI=1S/C15H23N7O.ClH/c1-12(10-21-7-3-6-19-21)8-17-15(23)14-18-11-22(20-14)13-4-2-5-16-9-13;/h3,6-7,11-13,16H,2,4-5,8-10H2,1H3,(H,17,23);1H. The molecular weight excluding hydrogens is 330 g/mol. The minimum Gasteiger partial charge on any atom is -0.349 e. The van der Waals surface area contributed by atoms with Crippen LogP contribution in [0.2, 0.25) is 0 Å². The highest BCUT2D eigenvalue weighted by Gasteiger charge is 2.19. The van der Waals surface area contributed by atoms with Crippen LogP contribution in [0.25, 0.3) is 0 Å². The zero-order valence-corrected chi connectivity index (χ0v) is 14.6. The molecule has 2 atom stereocenters. The molecule has 0 spiro atoms. The number of amides is 1. The van der Waals surface area contributed by atoms with E-state index in [1.165, 1.54) is 0 Å². The minimum atomic E-state index is -0.222. The van der Waals surface area contributed by atoms with Gasteiger partial charge in [-0.1, -0.05) is 6.92 Å². The fraction of sp³-hybridized carbons (Fsp3) is 0.600. The van der Waals surface area contributed by atoms with Crippen LogP contribution >= 0.6 is 12.4 Å². The summed E-state index contributed by atoms with van der Waals surface area (Å²) in [5.74, 6) is 0.296. The first-order valence-electron chi connectivity index (χ1n) is 8.10. The summed E-state index contributed by atoms with van der Waals surface area (Å²) in [5, 5.41) is 14.7. The number of aromatic nitrogens is 5. The summed E-state index contributed by atoms with van der Waals surface area (Å²) in [4.78, 5) is 16.3. The maximum absolute atomic E-state index is 12.2. The predicted molar refractivity (Wildman–Crippen MR) is 92.1 cm³/mol. The van der Waals surface area contributed by atoms with Crippen LogP contribution in [0, 0.1) is 5.92 Å². The van der Waals surface area contributed by atoms with Gasteiger partial charge in [0.15, 0.2) is 0 Å². The Bertz CT molecular complexity index is 622. The Morgan fingerprint density at radius 3 is 3.12 bits per heavy atom. The third-order valence-corrected chi connectivity index (χ3v) is 4.03. The Labute approximate surface area is 147 Å². The Hall–Kier alpha value is -1.93. The van der Waals surface area contributed by atoms with E-state index in [-0.39, 0.29) is 36.1 Å². The summed E-state index contributed by atoms with van der Waals surface area (Å²) in [6, 6.07) is 2.18. The number of carbonyl (C=O) groups excluding carboxylic acids is 1. The van der Waals surface area contributed by atoms with Crippen molar-refractivity contribution in [1.29, 1.82) is 0 Å². The van der Waals surface area contributed by atoms with Crippen LogP contribution < -0.4 is 10.6 Å². The molecule has 0 aromatic carbocycles. The summed E-state index contributed by atoms with van der Waals surface area (Å²) in [7, 11) is 0. The lowest BCUT2D eigenvalue weighted by atomic mass is 10.1. The van der Waals surface area contributed by atoms with E-state index < -0.39 is 0 Å². The van der Waals surface area contributed by atoms with E-state index in [0.717, 1.165) is 32.5 Å². The largest absolute Gasteiger partial charge is 0.349 e. The molecule has 0 radical (unpaired) electrons. The SMILES string of the molecule is CC(CNC(=O)c1ncn(C2CCCNC2)n1)Cn1cccn1.Cl. The highest BCUT2D eigenvalue weighted by atomic mass is 35.5. The van der Waals surface area contributed by atoms with E-state index in [1.807, 2.05) is 16.9 Å². The molecular formula is C15H24ClN7O. The molecule has 2 aromatic heterocycles. The van der Waals surface area contributed by atoms with Crippen molar-refractivity contribution in [2.75, 3.05) is 19.6 Å². The second-order valence-corrected chi connectivity index (χ2v) is 6.09. The summed E-state index contributed by atoms with van der Waals surface area (Å²) in [5.41, 5.74) is 0. The van der Waals surface area contributed by atoms with Crippen LogP contribution in [0.3, 0.4) is 0 Å². The molecule has 3 heterocycles. The van der Waals surface area contributed by atoms with Gasteiger partial charge < -0.3 is 10.6 Å². The lowest BCUT2D eigenvalue weighted by Gasteiger charge is -2.22. The molecule has 0 bridgehead atoms. The number of nitrogens with one attached hydrogen (secondary N) is 2. The lowest BCUT2D eigenvalue weighted by Crippen LogP contribution is -2.33. The van der Waals surface area contributed by atoms with E-state index in [2.05, 4.69) is 32.7 Å². The van der Waals surface area contributed by atoms with Crippen LogP contribution in [-0.4, -0.2) is 50.1 Å². The molecule has 1 aliphatic rings. The van der Waals surface area contributed by atoms with Gasteiger partial charge in [0.2, 0.25) is 5.82 Å². The van der Waals surface area contributed by atoms with Crippen molar-refractivity contribution >= 4 is 18.3 Å². The zero-order valence-electron chi connectivity index (χ0n) is 13.8. The average molecular weight is 354 g/mol. The topological polar surface area (TPSA) is 89.7 Å². The second-order valence-electron chi connectivity index (χ2n) is 6.09. The van der Waals surface area contributed by atoms with Crippen LogP contribution in [0.5, 0.6) is 0 Å². The number of carbonyl (C=O) groups is 1. The van der Waals surface area contributed by atoms with E-state index in [4.69, 9.17) is 0 Å². The number of piperidine rings is 1. The summed E-state index contributed by atoms with van der Waals surface area (Å²) in [6.07, 6.45) is 7.51. The molecule has 2 N–H and O–H groups in total. The predicted octanol–water partition coefficient (Wildman–Crippen LogP) is 0.887. The van der Waals surface area contributed by atoms with Gasteiger partial charge in [-0.2, -0.15) is 5.10 Å². The summed E-state index contributed by atoms with van der Waals surface area (Å²) in [6.45, 7) is 5.33. The molecule has 0 saturated carbocycles. The fourth-order valence-corrected chi connectivity index (χ4v) is 2.75. The van der Waals surface area contributed by atoms with Crippen molar-refractivity contribution in [1.82, 2.24) is 35.2 Å². The van der Waals surface area contributed by atoms with E-state index >= 15 is 0 Å². The number of hydrogen-bond donors (Lipinski definition) is 2. The average Bonchev–Trinajstić information content (AvgIpc) is 3.25. The molecule has 1 aliphatic heterocycles. The maximum atomic E-state index is 12.2. The van der Waals surface area contributed by atoms with Crippen molar-refractivity contribution in [2.24, 2.45) is 5.92 Å². The highest BCUT2D eigenvalue weighted by molar-refractivity contribution is 5.90. The molecule has 8 nitrogen and oxygen atoms in total. The molecule has 9 heteroatoms. The Morgan fingerprint density at radius 1 is 1.54 bits per heavy atom. The lowest BCUT2D eigenvalue weighted by molar-refractivity contribution is 0.0935. The molecule has 24 heavy (non-hydrogen) atoms. The molecule has 0 aliphatic carbocycles. The fourth-order valence-electron chi connectivity index (χ4n) is 2.75. The van der Waals surface area contributed by atoms with Gasteiger partial charge in [0.25, 0.3) is 5.91 Å².